The number of benzene rings is 1. The lowest BCUT2D eigenvalue weighted by atomic mass is 10.0. The van der Waals surface area contributed by atoms with Crippen LogP contribution in [0.15, 0.2) is 30.3 Å². The van der Waals surface area contributed by atoms with Crippen molar-refractivity contribution in [1.29, 1.82) is 0 Å². The number of hydrogen-bond donors (Lipinski definition) is 3. The fourth-order valence-electron chi connectivity index (χ4n) is 2.61. The van der Waals surface area contributed by atoms with Crippen molar-refractivity contribution in [2.45, 2.75) is 70.4 Å². The second-order valence-corrected chi connectivity index (χ2v) is 6.11. The summed E-state index contributed by atoms with van der Waals surface area (Å²) in [5.74, 6) is -1.56. The number of amides is 1. The van der Waals surface area contributed by atoms with Crippen LogP contribution in [0.25, 0.3) is 0 Å². The quantitative estimate of drug-likeness (QED) is 0.511. The zero-order valence-corrected chi connectivity index (χ0v) is 14.4. The Morgan fingerprint density at radius 2 is 1.58 bits per heavy atom. The Hall–Kier alpha value is -1.88. The minimum atomic E-state index is -1.33. The molecular formula is C19H29NO4. The Labute approximate surface area is 144 Å². The molecule has 2 atom stereocenters. The lowest BCUT2D eigenvalue weighted by molar-refractivity contribution is -0.145. The van der Waals surface area contributed by atoms with Crippen molar-refractivity contribution in [2.24, 2.45) is 0 Å². The maximum atomic E-state index is 11.9. The number of hydrogen-bond acceptors (Lipinski definition) is 3. The van der Waals surface area contributed by atoms with Crippen molar-refractivity contribution >= 4 is 11.9 Å². The van der Waals surface area contributed by atoms with Crippen LogP contribution in [-0.4, -0.2) is 28.1 Å². The first-order valence-corrected chi connectivity index (χ1v) is 8.81. The number of carbonyl (C=O) groups excluding carboxylic acids is 1. The molecule has 0 saturated heterocycles. The predicted octanol–water partition coefficient (Wildman–Crippen LogP) is 3.43. The number of carbonyl (C=O) groups is 2. The summed E-state index contributed by atoms with van der Waals surface area (Å²) in [6.45, 7) is 2.17. The highest BCUT2D eigenvalue weighted by molar-refractivity contribution is 5.84. The summed E-state index contributed by atoms with van der Waals surface area (Å²) in [5.41, 5.74) is 0.473. The standard InChI is InChI=1S/C19H29NO4/c1-2-3-4-5-6-7-11-14-16(21)20-17(19(23)24)18(22)15-12-9-8-10-13-15/h8-10,12-13,17-18,22H,2-7,11,14H2,1H3,(H,20,21)(H,23,24)/t17-,18-/m0/s1. The van der Waals surface area contributed by atoms with E-state index in [9.17, 15) is 19.8 Å². The Kier molecular flexibility index (Phi) is 9.77. The maximum absolute atomic E-state index is 11.9. The van der Waals surface area contributed by atoms with Crippen LogP contribution < -0.4 is 5.32 Å². The normalized spacial score (nSPS) is 13.2. The fourth-order valence-corrected chi connectivity index (χ4v) is 2.61. The van der Waals surface area contributed by atoms with Gasteiger partial charge in [-0.05, 0) is 12.0 Å². The molecule has 3 N–H and O–H groups in total. The molecule has 0 spiro atoms. The minimum absolute atomic E-state index is 0.291. The summed E-state index contributed by atoms with van der Waals surface area (Å²) < 4.78 is 0. The summed E-state index contributed by atoms with van der Waals surface area (Å²) in [6.07, 6.45) is 6.71. The van der Waals surface area contributed by atoms with Crippen LogP contribution in [0.3, 0.4) is 0 Å². The fraction of sp³-hybridized carbons (Fsp3) is 0.579. The van der Waals surface area contributed by atoms with Crippen LogP contribution >= 0.6 is 0 Å². The van der Waals surface area contributed by atoms with Crippen molar-refractivity contribution in [3.63, 3.8) is 0 Å². The van der Waals surface area contributed by atoms with E-state index in [4.69, 9.17) is 0 Å². The van der Waals surface area contributed by atoms with Crippen molar-refractivity contribution in [2.75, 3.05) is 0 Å². The number of aliphatic hydroxyl groups excluding tert-OH is 1. The topological polar surface area (TPSA) is 86.6 Å². The van der Waals surface area contributed by atoms with E-state index in [2.05, 4.69) is 12.2 Å². The van der Waals surface area contributed by atoms with Gasteiger partial charge < -0.3 is 15.5 Å². The molecule has 5 nitrogen and oxygen atoms in total. The van der Waals surface area contributed by atoms with E-state index in [1.807, 2.05) is 0 Å². The third-order valence-electron chi connectivity index (χ3n) is 4.05. The highest BCUT2D eigenvalue weighted by Gasteiger charge is 2.29. The molecule has 0 heterocycles. The molecule has 1 aromatic rings. The van der Waals surface area contributed by atoms with Crippen LogP contribution in [0.4, 0.5) is 0 Å². The van der Waals surface area contributed by atoms with Crippen molar-refractivity contribution < 1.29 is 19.8 Å². The first kappa shape index (κ1) is 20.2. The average Bonchev–Trinajstić information content (AvgIpc) is 2.59. The van der Waals surface area contributed by atoms with Crippen molar-refractivity contribution in [1.82, 2.24) is 5.32 Å². The largest absolute Gasteiger partial charge is 0.480 e. The van der Waals surface area contributed by atoms with Gasteiger partial charge in [-0.25, -0.2) is 4.79 Å². The number of nitrogens with one attached hydrogen (secondary N) is 1. The van der Waals surface area contributed by atoms with Crippen molar-refractivity contribution in [3.05, 3.63) is 35.9 Å². The summed E-state index contributed by atoms with van der Waals surface area (Å²) in [4.78, 5) is 23.3. The Bertz CT molecular complexity index is 489. The molecule has 0 aliphatic rings. The van der Waals surface area contributed by atoms with Crippen LogP contribution in [0.2, 0.25) is 0 Å². The number of aliphatic hydroxyl groups is 1. The van der Waals surface area contributed by atoms with Crippen LogP contribution in [0, 0.1) is 0 Å². The maximum Gasteiger partial charge on any atom is 0.329 e. The number of rotatable bonds is 12. The highest BCUT2D eigenvalue weighted by atomic mass is 16.4. The molecule has 0 aliphatic carbocycles. The third-order valence-corrected chi connectivity index (χ3v) is 4.05. The SMILES string of the molecule is CCCCCCCCCC(=O)N[C@H](C(=O)O)[C@@H](O)c1ccccc1. The minimum Gasteiger partial charge on any atom is -0.480 e. The summed E-state index contributed by atoms with van der Waals surface area (Å²) >= 11 is 0. The third kappa shape index (κ3) is 7.59. The summed E-state index contributed by atoms with van der Waals surface area (Å²) in [7, 11) is 0. The number of carboxylic acids is 1. The van der Waals surface area contributed by atoms with Gasteiger partial charge in [0.2, 0.25) is 5.91 Å². The lowest BCUT2D eigenvalue weighted by Gasteiger charge is -2.20. The number of carboxylic acid groups (broad SMARTS) is 1. The van der Waals surface area contributed by atoms with Gasteiger partial charge >= 0.3 is 5.97 Å². The average molecular weight is 335 g/mol. The molecule has 0 saturated carbocycles. The van der Waals surface area contributed by atoms with Gasteiger partial charge in [0, 0.05) is 6.42 Å². The Balaban J connectivity index is 2.37. The summed E-state index contributed by atoms with van der Waals surface area (Å²) in [5, 5.41) is 21.9. The molecule has 0 bridgehead atoms. The molecule has 0 aromatic heterocycles. The second-order valence-electron chi connectivity index (χ2n) is 6.11. The molecule has 1 amide bonds. The smallest absolute Gasteiger partial charge is 0.329 e. The molecule has 134 valence electrons. The van der Waals surface area contributed by atoms with E-state index in [0.717, 1.165) is 19.3 Å². The first-order chi connectivity index (χ1) is 11.6. The first-order valence-electron chi connectivity index (χ1n) is 8.81. The molecule has 0 unspecified atom stereocenters. The molecule has 5 heteroatoms. The van der Waals surface area contributed by atoms with Gasteiger partial charge in [0.15, 0.2) is 6.04 Å². The van der Waals surface area contributed by atoms with E-state index >= 15 is 0 Å². The number of aliphatic carboxylic acids is 1. The molecule has 24 heavy (non-hydrogen) atoms. The Morgan fingerprint density at radius 3 is 2.17 bits per heavy atom. The van der Waals surface area contributed by atoms with Gasteiger partial charge in [0.05, 0.1) is 0 Å². The second kappa shape index (κ2) is 11.6. The molecular weight excluding hydrogens is 306 g/mol. The number of unbranched alkanes of at least 4 members (excludes halogenated alkanes) is 6. The van der Waals surface area contributed by atoms with Crippen LogP contribution in [-0.2, 0) is 9.59 Å². The zero-order valence-electron chi connectivity index (χ0n) is 14.4. The van der Waals surface area contributed by atoms with E-state index in [0.29, 0.717) is 12.0 Å². The Morgan fingerprint density at radius 1 is 1.00 bits per heavy atom. The van der Waals surface area contributed by atoms with Crippen LogP contribution in [0.5, 0.6) is 0 Å². The molecule has 1 aromatic carbocycles. The van der Waals surface area contributed by atoms with Gasteiger partial charge in [0.1, 0.15) is 6.10 Å². The van der Waals surface area contributed by atoms with Crippen molar-refractivity contribution in [3.8, 4) is 0 Å². The molecule has 0 aliphatic heterocycles. The predicted molar refractivity (Wildman–Crippen MR) is 93.6 cm³/mol. The van der Waals surface area contributed by atoms with Gasteiger partial charge in [-0.15, -0.1) is 0 Å². The molecule has 0 radical (unpaired) electrons. The molecule has 0 fully saturated rings. The van der Waals surface area contributed by atoms with Gasteiger partial charge in [0.25, 0.3) is 0 Å². The van der Waals surface area contributed by atoms with Gasteiger partial charge in [-0.3, -0.25) is 4.79 Å². The van der Waals surface area contributed by atoms with E-state index in [1.165, 1.54) is 25.7 Å². The lowest BCUT2D eigenvalue weighted by Crippen LogP contribution is -2.44. The van der Waals surface area contributed by atoms with E-state index in [1.54, 1.807) is 30.3 Å². The van der Waals surface area contributed by atoms with Crippen LogP contribution in [0.1, 0.15) is 70.0 Å². The molecule has 1 rings (SSSR count). The van der Waals surface area contributed by atoms with E-state index < -0.39 is 18.1 Å². The monoisotopic (exact) mass is 335 g/mol. The van der Waals surface area contributed by atoms with Gasteiger partial charge in [-0.2, -0.15) is 0 Å². The van der Waals surface area contributed by atoms with Gasteiger partial charge in [-0.1, -0.05) is 75.8 Å². The van der Waals surface area contributed by atoms with E-state index in [-0.39, 0.29) is 5.91 Å². The summed E-state index contributed by atoms with van der Waals surface area (Å²) in [6, 6.07) is 7.18. The zero-order chi connectivity index (χ0) is 17.8. The highest BCUT2D eigenvalue weighted by Crippen LogP contribution is 2.17.